The van der Waals surface area contributed by atoms with Crippen LogP contribution in [0.4, 0.5) is 0 Å². The minimum atomic E-state index is 0.472. The van der Waals surface area contributed by atoms with Gasteiger partial charge in [-0.05, 0) is 0 Å². The summed E-state index contributed by atoms with van der Waals surface area (Å²) in [5, 5.41) is 11.8. The number of rotatable bonds is 1. The van der Waals surface area contributed by atoms with Crippen molar-refractivity contribution in [2.75, 3.05) is 13.1 Å². The maximum absolute atomic E-state index is 4.22. The Kier molecular flexibility index (Phi) is 2.31. The van der Waals surface area contributed by atoms with E-state index in [0.29, 0.717) is 5.92 Å². The van der Waals surface area contributed by atoms with Gasteiger partial charge in [-0.1, -0.05) is 13.8 Å². The minimum Gasteiger partial charge on any atom is -0.315 e. The first-order chi connectivity index (χ1) is 6.29. The second kappa shape index (κ2) is 3.46. The van der Waals surface area contributed by atoms with E-state index in [1.165, 1.54) is 0 Å². The first-order valence-electron chi connectivity index (χ1n) is 4.91. The lowest BCUT2D eigenvalue weighted by atomic mass is 10.2. The minimum absolute atomic E-state index is 0.472. The van der Waals surface area contributed by atoms with E-state index in [4.69, 9.17) is 0 Å². The van der Waals surface area contributed by atoms with E-state index < -0.39 is 0 Å². The summed E-state index contributed by atoms with van der Waals surface area (Å²) >= 11 is 0. The van der Waals surface area contributed by atoms with Gasteiger partial charge in [0.15, 0.2) is 0 Å². The average Bonchev–Trinajstić information content (AvgIpc) is 2.36. The highest BCUT2D eigenvalue weighted by molar-refractivity contribution is 5.01. The van der Waals surface area contributed by atoms with Crippen LogP contribution in [-0.4, -0.2) is 27.9 Å². The first kappa shape index (κ1) is 8.69. The monoisotopic (exact) mass is 180 g/mol. The fourth-order valence-corrected chi connectivity index (χ4v) is 1.72. The molecule has 4 heteroatoms. The molecule has 0 fully saturated rings. The van der Waals surface area contributed by atoms with Crippen LogP contribution < -0.4 is 5.32 Å². The lowest BCUT2D eigenvalue weighted by Crippen LogP contribution is -2.18. The molecule has 0 amide bonds. The number of nitrogens with zero attached hydrogens (tertiary/aromatic N) is 3. The van der Waals surface area contributed by atoms with Crippen LogP contribution in [-0.2, 0) is 13.0 Å². The van der Waals surface area contributed by atoms with Crippen LogP contribution >= 0.6 is 0 Å². The number of hydrogen-bond acceptors (Lipinski definition) is 3. The van der Waals surface area contributed by atoms with Crippen LogP contribution in [0.2, 0.25) is 0 Å². The smallest absolute Gasteiger partial charge is 0.135 e. The van der Waals surface area contributed by atoms with E-state index in [2.05, 4.69) is 33.9 Å². The molecule has 1 N–H and O–H groups in total. The SMILES string of the molecule is CC(C)c1nnc2n1CCNCC2. The molecule has 2 heterocycles. The molecule has 0 aromatic carbocycles. The molecule has 0 spiro atoms. The molecule has 0 aliphatic carbocycles. The molecule has 0 saturated carbocycles. The molecule has 1 aliphatic rings. The predicted octanol–water partition coefficient (Wildman–Crippen LogP) is 0.547. The summed E-state index contributed by atoms with van der Waals surface area (Å²) in [6.07, 6.45) is 1.000. The summed E-state index contributed by atoms with van der Waals surface area (Å²) < 4.78 is 2.25. The van der Waals surface area contributed by atoms with Gasteiger partial charge in [0.2, 0.25) is 0 Å². The van der Waals surface area contributed by atoms with Crippen LogP contribution in [0.3, 0.4) is 0 Å². The quantitative estimate of drug-likeness (QED) is 0.686. The van der Waals surface area contributed by atoms with Gasteiger partial charge in [0.1, 0.15) is 11.6 Å². The Bertz CT molecular complexity index is 290. The van der Waals surface area contributed by atoms with Gasteiger partial charge in [0.05, 0.1) is 0 Å². The van der Waals surface area contributed by atoms with E-state index >= 15 is 0 Å². The Labute approximate surface area is 78.4 Å². The van der Waals surface area contributed by atoms with Crippen molar-refractivity contribution in [3.8, 4) is 0 Å². The van der Waals surface area contributed by atoms with Gasteiger partial charge in [-0.2, -0.15) is 0 Å². The standard InChI is InChI=1S/C9H16N4/c1-7(2)9-12-11-8-3-4-10-5-6-13(8)9/h7,10H,3-6H2,1-2H3. The number of fused-ring (bicyclic) bond motifs is 1. The highest BCUT2D eigenvalue weighted by Gasteiger charge is 2.15. The lowest BCUT2D eigenvalue weighted by molar-refractivity contribution is 0.597. The third-order valence-corrected chi connectivity index (χ3v) is 2.41. The molecule has 0 radical (unpaired) electrons. The Hall–Kier alpha value is -0.900. The third kappa shape index (κ3) is 1.58. The van der Waals surface area contributed by atoms with Crippen molar-refractivity contribution in [3.63, 3.8) is 0 Å². The van der Waals surface area contributed by atoms with Crippen LogP contribution in [0.25, 0.3) is 0 Å². The molecule has 0 unspecified atom stereocenters. The first-order valence-corrected chi connectivity index (χ1v) is 4.91. The number of hydrogen-bond donors (Lipinski definition) is 1. The van der Waals surface area contributed by atoms with Crippen molar-refractivity contribution in [1.82, 2.24) is 20.1 Å². The highest BCUT2D eigenvalue weighted by Crippen LogP contribution is 2.14. The van der Waals surface area contributed by atoms with Gasteiger partial charge >= 0.3 is 0 Å². The zero-order valence-electron chi connectivity index (χ0n) is 8.25. The summed E-state index contributed by atoms with van der Waals surface area (Å²) in [4.78, 5) is 0. The summed E-state index contributed by atoms with van der Waals surface area (Å²) in [6.45, 7) is 7.39. The number of aromatic nitrogens is 3. The van der Waals surface area contributed by atoms with Gasteiger partial charge in [-0.3, -0.25) is 0 Å². The average molecular weight is 180 g/mol. The predicted molar refractivity (Wildman–Crippen MR) is 50.7 cm³/mol. The van der Waals surface area contributed by atoms with Crippen molar-refractivity contribution in [1.29, 1.82) is 0 Å². The van der Waals surface area contributed by atoms with Gasteiger partial charge < -0.3 is 9.88 Å². The Morgan fingerprint density at radius 1 is 1.31 bits per heavy atom. The summed E-state index contributed by atoms with van der Waals surface area (Å²) in [5.41, 5.74) is 0. The van der Waals surface area contributed by atoms with Crippen LogP contribution in [0, 0.1) is 0 Å². The van der Waals surface area contributed by atoms with Crippen molar-refractivity contribution >= 4 is 0 Å². The van der Waals surface area contributed by atoms with E-state index in [1.807, 2.05) is 0 Å². The molecule has 0 atom stereocenters. The zero-order valence-corrected chi connectivity index (χ0v) is 8.25. The normalized spacial score (nSPS) is 17.2. The zero-order chi connectivity index (χ0) is 9.26. The fraction of sp³-hybridized carbons (Fsp3) is 0.778. The summed E-state index contributed by atoms with van der Waals surface area (Å²) in [7, 11) is 0. The Morgan fingerprint density at radius 3 is 2.92 bits per heavy atom. The van der Waals surface area contributed by atoms with Crippen molar-refractivity contribution < 1.29 is 0 Å². The van der Waals surface area contributed by atoms with Gasteiger partial charge in [0.25, 0.3) is 0 Å². The molecule has 72 valence electrons. The highest BCUT2D eigenvalue weighted by atomic mass is 15.3. The maximum Gasteiger partial charge on any atom is 0.135 e. The second-order valence-corrected chi connectivity index (χ2v) is 3.78. The van der Waals surface area contributed by atoms with Crippen LogP contribution in [0.15, 0.2) is 0 Å². The van der Waals surface area contributed by atoms with E-state index in [1.54, 1.807) is 0 Å². The molecule has 4 nitrogen and oxygen atoms in total. The molecule has 1 aromatic rings. The Balaban J connectivity index is 2.34. The molecular weight excluding hydrogens is 164 g/mol. The molecule has 2 rings (SSSR count). The van der Waals surface area contributed by atoms with Crippen LogP contribution in [0.1, 0.15) is 31.4 Å². The van der Waals surface area contributed by atoms with E-state index in [0.717, 1.165) is 37.7 Å². The topological polar surface area (TPSA) is 42.7 Å². The van der Waals surface area contributed by atoms with E-state index in [-0.39, 0.29) is 0 Å². The van der Waals surface area contributed by atoms with E-state index in [9.17, 15) is 0 Å². The summed E-state index contributed by atoms with van der Waals surface area (Å²) in [5.74, 6) is 2.73. The molecule has 0 saturated heterocycles. The lowest BCUT2D eigenvalue weighted by Gasteiger charge is -2.08. The van der Waals surface area contributed by atoms with Crippen molar-refractivity contribution in [2.24, 2.45) is 0 Å². The molecule has 0 bridgehead atoms. The molecular formula is C9H16N4. The van der Waals surface area contributed by atoms with Gasteiger partial charge in [0, 0.05) is 32.0 Å². The van der Waals surface area contributed by atoms with Gasteiger partial charge in [-0.25, -0.2) is 0 Å². The molecule has 1 aromatic heterocycles. The maximum atomic E-state index is 4.22. The largest absolute Gasteiger partial charge is 0.315 e. The second-order valence-electron chi connectivity index (χ2n) is 3.78. The van der Waals surface area contributed by atoms with Gasteiger partial charge in [-0.15, -0.1) is 10.2 Å². The number of nitrogens with one attached hydrogen (secondary N) is 1. The third-order valence-electron chi connectivity index (χ3n) is 2.41. The van der Waals surface area contributed by atoms with Crippen molar-refractivity contribution in [3.05, 3.63) is 11.6 Å². The fourth-order valence-electron chi connectivity index (χ4n) is 1.72. The Morgan fingerprint density at radius 2 is 2.15 bits per heavy atom. The summed E-state index contributed by atoms with van der Waals surface area (Å²) in [6, 6.07) is 0. The van der Waals surface area contributed by atoms with Crippen molar-refractivity contribution in [2.45, 2.75) is 32.7 Å². The van der Waals surface area contributed by atoms with Crippen LogP contribution in [0.5, 0.6) is 0 Å². The molecule has 1 aliphatic heterocycles. The molecule has 13 heavy (non-hydrogen) atoms.